The van der Waals surface area contributed by atoms with Crippen molar-refractivity contribution in [2.45, 2.75) is 90.9 Å². The molecule has 0 unspecified atom stereocenters. The lowest BCUT2D eigenvalue weighted by Crippen LogP contribution is -2.57. The highest BCUT2D eigenvalue weighted by Gasteiger charge is 2.47. The van der Waals surface area contributed by atoms with Crippen molar-refractivity contribution in [2.75, 3.05) is 4.90 Å². The van der Waals surface area contributed by atoms with E-state index in [1.807, 2.05) is 0 Å². The van der Waals surface area contributed by atoms with E-state index in [1.54, 1.807) is 0 Å². The summed E-state index contributed by atoms with van der Waals surface area (Å²) >= 11 is 0. The fourth-order valence-electron chi connectivity index (χ4n) is 13.0. The number of hydrogen-bond acceptors (Lipinski definition) is 2. The van der Waals surface area contributed by atoms with Gasteiger partial charge in [-0.15, -0.1) is 0 Å². The van der Waals surface area contributed by atoms with E-state index in [-0.39, 0.29) is 28.5 Å². The van der Waals surface area contributed by atoms with Crippen LogP contribution < -0.4 is 15.8 Å². The Morgan fingerprint density at radius 1 is 0.485 bits per heavy atom. The van der Waals surface area contributed by atoms with Gasteiger partial charge in [0.2, 0.25) is 0 Å². The normalized spacial score (nSPS) is 15.9. The largest absolute Gasteiger partial charge is 0.456 e. The van der Waals surface area contributed by atoms with Crippen LogP contribution in [0.25, 0.3) is 77.1 Å². The minimum atomic E-state index is -0.174. The first-order valence-electron chi connectivity index (χ1n) is 24.0. The van der Waals surface area contributed by atoms with E-state index in [9.17, 15) is 0 Å². The Morgan fingerprint density at radius 3 is 1.85 bits per heavy atom. The molecule has 8 aromatic carbocycles. The first-order valence-corrected chi connectivity index (χ1v) is 24.0. The summed E-state index contributed by atoms with van der Waals surface area (Å²) in [5.41, 5.74) is 26.4. The van der Waals surface area contributed by atoms with E-state index in [2.05, 4.69) is 218 Å². The summed E-state index contributed by atoms with van der Waals surface area (Å²) in [5.74, 6) is 0. The average Bonchev–Trinajstić information content (AvgIpc) is 3.97. The SMILES string of the molecule is CC(C)(C)c1ccc2c(c1)c1cc(C(C)(C)C)cc3c1n2B1c2cc4c(cc2N(c2ccc5c(c2)-c2ccccc2C5(C)C)c2cc5oc6ccccc6c5c-3c21)-c1ccccc1C4(C)C. The lowest BCUT2D eigenvalue weighted by Gasteiger charge is -2.41. The standard InChI is InChI=1S/C62H53BN2O/c1-59(2,3)34-23-26-50-42(27-34)43-28-35(60(4,5)6)29-44-56-55-39-19-13-16-22-53(39)66-54(55)33-52-57(56)63(65(50)58(43)44)49-32-48-41(38-18-12-15-21-46(38)62(48,9)10)31-51(49)64(52)36-24-25-47-40(30-36)37-17-11-14-20-45(37)61(47,7)8/h11-33H,1-10H3. The van der Waals surface area contributed by atoms with E-state index in [1.165, 1.54) is 116 Å². The van der Waals surface area contributed by atoms with Crippen LogP contribution in [0.4, 0.5) is 17.1 Å². The summed E-state index contributed by atoms with van der Waals surface area (Å²) in [5, 5.41) is 5.02. The third-order valence-electron chi connectivity index (χ3n) is 16.4. The molecule has 2 aromatic heterocycles. The highest BCUT2D eigenvalue weighted by molar-refractivity contribution is 6.90. The first-order chi connectivity index (χ1) is 31.5. The van der Waals surface area contributed by atoms with Gasteiger partial charge in [0.1, 0.15) is 11.2 Å². The summed E-state index contributed by atoms with van der Waals surface area (Å²) in [4.78, 5) is 2.61. The number of furan rings is 1. The Labute approximate surface area is 387 Å². The van der Waals surface area contributed by atoms with Gasteiger partial charge in [0.05, 0.1) is 0 Å². The van der Waals surface area contributed by atoms with Crippen LogP contribution in [0.15, 0.2) is 144 Å². The number of aromatic nitrogens is 1. The molecule has 2 aliphatic carbocycles. The second-order valence-electron chi connectivity index (χ2n) is 22.9. The van der Waals surface area contributed by atoms with Crippen LogP contribution in [-0.4, -0.2) is 11.3 Å². The van der Waals surface area contributed by atoms with Crippen molar-refractivity contribution in [3.05, 3.63) is 173 Å². The molecule has 10 aromatic rings. The van der Waals surface area contributed by atoms with Crippen molar-refractivity contribution in [3.8, 4) is 33.4 Å². The minimum absolute atomic E-state index is 0.00403. The second-order valence-corrected chi connectivity index (χ2v) is 22.9. The number of nitrogens with zero attached hydrogens (tertiary/aromatic N) is 2. The Balaban J connectivity index is 1.19. The molecule has 320 valence electrons. The maximum Gasteiger partial charge on any atom is 0.333 e. The molecule has 0 bridgehead atoms. The predicted octanol–water partition coefficient (Wildman–Crippen LogP) is 15.3. The summed E-state index contributed by atoms with van der Waals surface area (Å²) < 4.78 is 9.80. The molecule has 0 fully saturated rings. The van der Waals surface area contributed by atoms with Crippen molar-refractivity contribution in [2.24, 2.45) is 0 Å². The molecule has 0 radical (unpaired) electrons. The zero-order chi connectivity index (χ0) is 45.1. The van der Waals surface area contributed by atoms with Crippen molar-refractivity contribution in [1.82, 2.24) is 4.48 Å². The summed E-state index contributed by atoms with van der Waals surface area (Å²) in [7, 11) is 0. The minimum Gasteiger partial charge on any atom is -0.456 e. The van der Waals surface area contributed by atoms with Gasteiger partial charge in [-0.05, 0) is 131 Å². The Bertz CT molecular complexity index is 3860. The van der Waals surface area contributed by atoms with Crippen LogP contribution in [0.1, 0.15) is 103 Å². The molecule has 2 aliphatic heterocycles. The number of anilines is 3. The van der Waals surface area contributed by atoms with Crippen LogP contribution in [0.3, 0.4) is 0 Å². The van der Waals surface area contributed by atoms with Gasteiger partial charge in [-0.3, -0.25) is 0 Å². The lowest BCUT2D eigenvalue weighted by molar-refractivity contribution is 0.590. The molecule has 0 saturated heterocycles. The number of rotatable bonds is 1. The molecule has 4 heterocycles. The number of para-hydroxylation sites is 1. The van der Waals surface area contributed by atoms with Gasteiger partial charge in [-0.2, -0.15) is 0 Å². The Morgan fingerprint density at radius 2 is 1.12 bits per heavy atom. The fraction of sp³-hybridized carbons (Fsp3) is 0.226. The van der Waals surface area contributed by atoms with E-state index in [0.29, 0.717) is 0 Å². The van der Waals surface area contributed by atoms with E-state index < -0.39 is 0 Å². The Hall–Kier alpha value is -6.78. The van der Waals surface area contributed by atoms with Gasteiger partial charge < -0.3 is 13.8 Å². The highest BCUT2D eigenvalue weighted by atomic mass is 16.3. The van der Waals surface area contributed by atoms with Gasteiger partial charge in [-0.25, -0.2) is 0 Å². The van der Waals surface area contributed by atoms with Crippen LogP contribution >= 0.6 is 0 Å². The molecular weight excluding hydrogens is 800 g/mol. The molecule has 0 N–H and O–H groups in total. The number of hydrogen-bond donors (Lipinski definition) is 0. The van der Waals surface area contributed by atoms with Crippen molar-refractivity contribution in [3.63, 3.8) is 0 Å². The quantitative estimate of drug-likeness (QED) is 0.153. The van der Waals surface area contributed by atoms with Gasteiger partial charge in [0.15, 0.2) is 0 Å². The smallest absolute Gasteiger partial charge is 0.333 e. The summed E-state index contributed by atoms with van der Waals surface area (Å²) in [6.45, 7) is 23.6. The lowest BCUT2D eigenvalue weighted by atomic mass is 9.44. The molecule has 4 aliphatic rings. The fourth-order valence-corrected chi connectivity index (χ4v) is 13.0. The molecular formula is C62H53BN2O. The van der Waals surface area contributed by atoms with Gasteiger partial charge in [0.25, 0.3) is 0 Å². The topological polar surface area (TPSA) is 21.3 Å². The summed E-state index contributed by atoms with van der Waals surface area (Å²) in [6, 6.07) is 54.0. The molecule has 4 heteroatoms. The zero-order valence-electron chi connectivity index (χ0n) is 39.7. The van der Waals surface area contributed by atoms with Crippen LogP contribution in [0, 0.1) is 0 Å². The maximum absolute atomic E-state index is 7.05. The van der Waals surface area contributed by atoms with E-state index in [4.69, 9.17) is 4.42 Å². The van der Waals surface area contributed by atoms with Crippen LogP contribution in [0.5, 0.6) is 0 Å². The van der Waals surface area contributed by atoms with E-state index in [0.717, 1.165) is 22.2 Å². The van der Waals surface area contributed by atoms with Gasteiger partial charge in [0, 0.05) is 72.1 Å². The summed E-state index contributed by atoms with van der Waals surface area (Å²) in [6.07, 6.45) is 0. The third kappa shape index (κ3) is 4.70. The van der Waals surface area contributed by atoms with Crippen LogP contribution in [0.2, 0.25) is 0 Å². The predicted molar refractivity (Wildman–Crippen MR) is 280 cm³/mol. The van der Waals surface area contributed by atoms with Gasteiger partial charge in [-0.1, -0.05) is 154 Å². The van der Waals surface area contributed by atoms with Crippen LogP contribution in [-0.2, 0) is 21.7 Å². The maximum atomic E-state index is 7.05. The Kier molecular flexibility index (Phi) is 7.09. The molecule has 0 atom stereocenters. The third-order valence-corrected chi connectivity index (χ3v) is 16.4. The van der Waals surface area contributed by atoms with E-state index >= 15 is 0 Å². The second kappa shape index (κ2) is 12.2. The van der Waals surface area contributed by atoms with Crippen molar-refractivity contribution >= 4 is 78.6 Å². The molecule has 0 spiro atoms. The number of fused-ring (bicyclic) bond motifs is 17. The first kappa shape index (κ1) is 38.5. The molecule has 14 rings (SSSR count). The monoisotopic (exact) mass is 852 g/mol. The molecule has 3 nitrogen and oxygen atoms in total. The van der Waals surface area contributed by atoms with Crippen molar-refractivity contribution < 1.29 is 4.42 Å². The number of benzene rings is 8. The average molecular weight is 853 g/mol. The molecule has 0 saturated carbocycles. The molecule has 66 heavy (non-hydrogen) atoms. The zero-order valence-corrected chi connectivity index (χ0v) is 39.7. The highest BCUT2D eigenvalue weighted by Crippen LogP contribution is 2.56. The molecule has 0 amide bonds. The van der Waals surface area contributed by atoms with Gasteiger partial charge >= 0.3 is 6.85 Å². The van der Waals surface area contributed by atoms with Crippen molar-refractivity contribution in [1.29, 1.82) is 0 Å².